The Morgan fingerprint density at radius 1 is 1.05 bits per heavy atom. The molecule has 0 amide bonds. The van der Waals surface area contributed by atoms with Crippen molar-refractivity contribution in [3.05, 3.63) is 65.7 Å². The minimum absolute atomic E-state index is 0.602. The molecule has 2 aromatic carbocycles. The van der Waals surface area contributed by atoms with E-state index in [4.69, 9.17) is 4.74 Å². The van der Waals surface area contributed by atoms with Crippen molar-refractivity contribution >= 4 is 24.2 Å². The van der Waals surface area contributed by atoms with Crippen LogP contribution in [-0.4, -0.2) is 32.9 Å². The van der Waals surface area contributed by atoms with E-state index >= 15 is 0 Å². The standard InChI is InChI=1S/C16H15NO2Se/c18-20(12-13-6-2-1-3-7-13)15-9-5-4-8-14(15)16-17-10-11-19-16/h1-9H,10-12H2. The molecule has 0 N–H and O–H groups in total. The maximum absolute atomic E-state index is 12.7. The Kier molecular flexibility index (Phi) is 4.05. The van der Waals surface area contributed by atoms with Crippen LogP contribution in [0.4, 0.5) is 0 Å². The number of benzene rings is 2. The first-order valence-electron chi connectivity index (χ1n) is 6.53. The molecule has 0 saturated carbocycles. The summed E-state index contributed by atoms with van der Waals surface area (Å²) in [5.74, 6) is 0.637. The fourth-order valence-corrected chi connectivity index (χ4v) is 4.83. The first-order valence-corrected chi connectivity index (χ1v) is 9.30. The Morgan fingerprint density at radius 2 is 1.80 bits per heavy atom. The van der Waals surface area contributed by atoms with Crippen molar-refractivity contribution in [2.45, 2.75) is 5.32 Å². The predicted molar refractivity (Wildman–Crippen MR) is 80.0 cm³/mol. The van der Waals surface area contributed by atoms with Gasteiger partial charge in [0, 0.05) is 0 Å². The molecule has 2 aromatic rings. The molecule has 1 aliphatic rings. The first-order chi connectivity index (χ1) is 9.84. The van der Waals surface area contributed by atoms with Gasteiger partial charge in [-0.05, 0) is 0 Å². The second kappa shape index (κ2) is 6.12. The third-order valence-corrected chi connectivity index (χ3v) is 6.11. The van der Waals surface area contributed by atoms with Crippen LogP contribution >= 0.6 is 0 Å². The summed E-state index contributed by atoms with van der Waals surface area (Å²) < 4.78 is 19.1. The molecule has 0 radical (unpaired) electrons. The summed E-state index contributed by atoms with van der Waals surface area (Å²) in [7, 11) is 0. The number of ether oxygens (including phenoxy) is 1. The average Bonchev–Trinajstić information content (AvgIpc) is 3.02. The van der Waals surface area contributed by atoms with Crippen LogP contribution in [-0.2, 0) is 13.9 Å². The molecule has 4 heteroatoms. The zero-order valence-electron chi connectivity index (χ0n) is 11.0. The van der Waals surface area contributed by atoms with Gasteiger partial charge in [0.1, 0.15) is 0 Å². The quantitative estimate of drug-likeness (QED) is 0.802. The van der Waals surface area contributed by atoms with Gasteiger partial charge in [-0.1, -0.05) is 0 Å². The van der Waals surface area contributed by atoms with E-state index in [9.17, 15) is 3.83 Å². The molecule has 0 bridgehead atoms. The summed E-state index contributed by atoms with van der Waals surface area (Å²) >= 11 is -2.14. The molecular weight excluding hydrogens is 317 g/mol. The Balaban J connectivity index is 1.88. The molecule has 102 valence electrons. The number of nitrogens with zero attached hydrogens (tertiary/aromatic N) is 1. The van der Waals surface area contributed by atoms with Gasteiger partial charge in [-0.3, -0.25) is 0 Å². The summed E-state index contributed by atoms with van der Waals surface area (Å²) in [6.45, 7) is 1.30. The Morgan fingerprint density at radius 3 is 2.55 bits per heavy atom. The van der Waals surface area contributed by atoms with Crippen molar-refractivity contribution in [3.63, 3.8) is 0 Å². The van der Waals surface area contributed by atoms with Gasteiger partial charge in [-0.25, -0.2) is 0 Å². The molecule has 0 spiro atoms. The number of hydrogen-bond acceptors (Lipinski definition) is 3. The molecule has 20 heavy (non-hydrogen) atoms. The van der Waals surface area contributed by atoms with Gasteiger partial charge in [0.05, 0.1) is 0 Å². The van der Waals surface area contributed by atoms with Crippen molar-refractivity contribution in [1.29, 1.82) is 0 Å². The van der Waals surface area contributed by atoms with Crippen molar-refractivity contribution in [1.82, 2.24) is 0 Å². The summed E-state index contributed by atoms with van der Waals surface area (Å²) in [6, 6.07) is 17.7. The molecule has 1 unspecified atom stereocenters. The van der Waals surface area contributed by atoms with Crippen LogP contribution in [0.2, 0.25) is 0 Å². The van der Waals surface area contributed by atoms with Crippen molar-refractivity contribution in [3.8, 4) is 0 Å². The predicted octanol–water partition coefficient (Wildman–Crippen LogP) is 1.87. The average molecular weight is 332 g/mol. The molecule has 0 aromatic heterocycles. The third-order valence-electron chi connectivity index (χ3n) is 3.09. The van der Waals surface area contributed by atoms with E-state index in [-0.39, 0.29) is 0 Å². The SMILES string of the molecule is O=[Se](Cc1ccccc1)c1ccccc1C1=NCCO1. The van der Waals surface area contributed by atoms with Crippen LogP contribution in [0.3, 0.4) is 0 Å². The molecule has 0 aliphatic carbocycles. The van der Waals surface area contributed by atoms with E-state index in [1.165, 1.54) is 0 Å². The van der Waals surface area contributed by atoms with Crippen LogP contribution < -0.4 is 4.46 Å². The van der Waals surface area contributed by atoms with Crippen LogP contribution in [0.5, 0.6) is 0 Å². The number of aliphatic imine (C=N–C) groups is 1. The molecule has 1 aliphatic heterocycles. The van der Waals surface area contributed by atoms with E-state index in [1.807, 2.05) is 54.6 Å². The van der Waals surface area contributed by atoms with E-state index in [2.05, 4.69) is 4.99 Å². The zero-order valence-corrected chi connectivity index (χ0v) is 12.7. The summed E-state index contributed by atoms with van der Waals surface area (Å²) in [5.41, 5.74) is 2.00. The van der Waals surface area contributed by atoms with E-state index in [0.717, 1.165) is 15.6 Å². The normalized spacial score (nSPS) is 15.5. The summed E-state index contributed by atoms with van der Waals surface area (Å²) in [4.78, 5) is 4.33. The van der Waals surface area contributed by atoms with Gasteiger partial charge in [0.2, 0.25) is 0 Å². The topological polar surface area (TPSA) is 38.7 Å². The van der Waals surface area contributed by atoms with Crippen LogP contribution in [0.25, 0.3) is 0 Å². The fraction of sp³-hybridized carbons (Fsp3) is 0.188. The van der Waals surface area contributed by atoms with Gasteiger partial charge in [0.15, 0.2) is 0 Å². The molecule has 3 rings (SSSR count). The molecule has 1 heterocycles. The molecular formula is C16H15NO2Se. The second-order valence-electron chi connectivity index (χ2n) is 4.51. The van der Waals surface area contributed by atoms with Crippen molar-refractivity contribution < 1.29 is 8.57 Å². The summed E-state index contributed by atoms with van der Waals surface area (Å²) in [6.07, 6.45) is 0. The first kappa shape index (κ1) is 13.2. The molecule has 0 fully saturated rings. The monoisotopic (exact) mass is 333 g/mol. The molecule has 1 atom stereocenters. The van der Waals surface area contributed by atoms with Crippen LogP contribution in [0, 0.1) is 0 Å². The zero-order chi connectivity index (χ0) is 13.8. The molecule has 0 saturated heterocycles. The Labute approximate surface area is 122 Å². The van der Waals surface area contributed by atoms with Crippen LogP contribution in [0.1, 0.15) is 11.1 Å². The molecule has 3 nitrogen and oxygen atoms in total. The van der Waals surface area contributed by atoms with Crippen molar-refractivity contribution in [2.75, 3.05) is 13.2 Å². The van der Waals surface area contributed by atoms with Gasteiger partial charge >= 0.3 is 122 Å². The van der Waals surface area contributed by atoms with Gasteiger partial charge in [0.25, 0.3) is 0 Å². The Bertz CT molecular complexity index is 653. The van der Waals surface area contributed by atoms with Gasteiger partial charge in [-0.2, -0.15) is 0 Å². The summed E-state index contributed by atoms with van der Waals surface area (Å²) in [5, 5.41) is 0.602. The van der Waals surface area contributed by atoms with Crippen molar-refractivity contribution in [2.24, 2.45) is 4.99 Å². The van der Waals surface area contributed by atoms with E-state index < -0.39 is 13.8 Å². The Hall–Kier alpha value is -1.77. The van der Waals surface area contributed by atoms with Gasteiger partial charge in [-0.15, -0.1) is 0 Å². The minimum atomic E-state index is -2.14. The van der Waals surface area contributed by atoms with E-state index in [1.54, 1.807) is 0 Å². The van der Waals surface area contributed by atoms with E-state index in [0.29, 0.717) is 24.4 Å². The fourth-order valence-electron chi connectivity index (χ4n) is 2.14. The number of hydrogen-bond donors (Lipinski definition) is 0. The third kappa shape index (κ3) is 2.87. The number of rotatable bonds is 4. The second-order valence-corrected chi connectivity index (χ2v) is 7.49. The van der Waals surface area contributed by atoms with Crippen LogP contribution in [0.15, 0.2) is 59.6 Å². The maximum atomic E-state index is 12.7. The van der Waals surface area contributed by atoms with Gasteiger partial charge < -0.3 is 0 Å².